The molecule has 0 spiro atoms. The van der Waals surface area contributed by atoms with Crippen LogP contribution in [-0.2, 0) is 14.8 Å². The minimum absolute atomic E-state index is 0. The van der Waals surface area contributed by atoms with E-state index in [1.807, 2.05) is 0 Å². The number of ether oxygens (including phenoxy) is 1. The van der Waals surface area contributed by atoms with E-state index in [0.717, 1.165) is 38.7 Å². The van der Waals surface area contributed by atoms with Gasteiger partial charge in [-0.25, -0.2) is 13.1 Å². The van der Waals surface area contributed by atoms with Crippen LogP contribution in [0.15, 0.2) is 4.99 Å². The first kappa shape index (κ1) is 21.9. The maximum absolute atomic E-state index is 11.9. The summed E-state index contributed by atoms with van der Waals surface area (Å²) in [6.07, 6.45) is 9.00. The summed E-state index contributed by atoms with van der Waals surface area (Å²) in [7, 11) is -3.33. The van der Waals surface area contributed by atoms with Crippen molar-refractivity contribution in [1.29, 1.82) is 0 Å². The number of hydrogen-bond donors (Lipinski definition) is 3. The third-order valence-corrected chi connectivity index (χ3v) is 5.73. The van der Waals surface area contributed by atoms with Gasteiger partial charge in [0.2, 0.25) is 10.0 Å². The summed E-state index contributed by atoms with van der Waals surface area (Å²) in [5.74, 6) is 0.301. The molecule has 0 amide bonds. The molecule has 0 radical (unpaired) electrons. The van der Waals surface area contributed by atoms with E-state index in [1.54, 1.807) is 0 Å². The number of aliphatic imine (C=N–C) groups is 1. The van der Waals surface area contributed by atoms with E-state index < -0.39 is 10.0 Å². The van der Waals surface area contributed by atoms with Crippen molar-refractivity contribution in [2.24, 2.45) is 10.7 Å². The molecule has 1 aliphatic heterocycles. The van der Waals surface area contributed by atoms with Crippen LogP contribution in [0.2, 0.25) is 0 Å². The van der Waals surface area contributed by atoms with Crippen LogP contribution in [0, 0.1) is 0 Å². The van der Waals surface area contributed by atoms with Crippen molar-refractivity contribution in [2.75, 3.05) is 25.4 Å². The molecule has 0 bridgehead atoms. The molecule has 1 heterocycles. The summed E-state index contributed by atoms with van der Waals surface area (Å²) in [4.78, 5) is 4.13. The summed E-state index contributed by atoms with van der Waals surface area (Å²) < 4.78 is 32.0. The maximum atomic E-state index is 11.9. The predicted octanol–water partition coefficient (Wildman–Crippen LogP) is 1.33. The molecule has 4 N–H and O–H groups in total. The molecular weight excluding hydrogens is 443 g/mol. The highest BCUT2D eigenvalue weighted by atomic mass is 127. The van der Waals surface area contributed by atoms with E-state index in [0.29, 0.717) is 18.5 Å². The van der Waals surface area contributed by atoms with Gasteiger partial charge in [-0.2, -0.15) is 0 Å². The van der Waals surface area contributed by atoms with Gasteiger partial charge in [-0.15, -0.1) is 24.0 Å². The fourth-order valence-corrected chi connectivity index (χ4v) is 3.96. The van der Waals surface area contributed by atoms with Crippen LogP contribution in [0.3, 0.4) is 0 Å². The van der Waals surface area contributed by atoms with Crippen molar-refractivity contribution >= 4 is 40.0 Å². The number of hydrogen-bond acceptors (Lipinski definition) is 4. The number of rotatable bonds is 7. The van der Waals surface area contributed by atoms with Crippen molar-refractivity contribution < 1.29 is 13.2 Å². The lowest BCUT2D eigenvalue weighted by atomic mass is 9.96. The molecule has 1 saturated heterocycles. The highest BCUT2D eigenvalue weighted by Gasteiger charge is 2.17. The molecule has 1 saturated carbocycles. The molecule has 0 aromatic carbocycles. The van der Waals surface area contributed by atoms with E-state index in [9.17, 15) is 8.42 Å². The molecular formula is C15H31IN4O3S. The molecule has 9 heteroatoms. The van der Waals surface area contributed by atoms with E-state index in [1.165, 1.54) is 19.3 Å². The zero-order valence-electron chi connectivity index (χ0n) is 14.2. The molecule has 2 fully saturated rings. The monoisotopic (exact) mass is 474 g/mol. The Balaban J connectivity index is 0.00000288. The van der Waals surface area contributed by atoms with Crippen molar-refractivity contribution in [3.63, 3.8) is 0 Å². The molecule has 1 atom stereocenters. The second-order valence-corrected chi connectivity index (χ2v) is 8.33. The van der Waals surface area contributed by atoms with Gasteiger partial charge in [0.05, 0.1) is 18.4 Å². The largest absolute Gasteiger partial charge is 0.377 e. The van der Waals surface area contributed by atoms with E-state index in [4.69, 9.17) is 10.5 Å². The summed E-state index contributed by atoms with van der Waals surface area (Å²) >= 11 is 0. The fourth-order valence-electron chi connectivity index (χ4n) is 3.05. The average molecular weight is 474 g/mol. The molecule has 142 valence electrons. The van der Waals surface area contributed by atoms with Crippen LogP contribution in [0.5, 0.6) is 0 Å². The lowest BCUT2D eigenvalue weighted by molar-refractivity contribution is 0.0200. The topological polar surface area (TPSA) is 106 Å². The van der Waals surface area contributed by atoms with Gasteiger partial charge in [-0.05, 0) is 32.1 Å². The van der Waals surface area contributed by atoms with Crippen molar-refractivity contribution in [1.82, 2.24) is 10.0 Å². The predicted molar refractivity (Wildman–Crippen MR) is 107 cm³/mol. The Kier molecular flexibility index (Phi) is 10.5. The van der Waals surface area contributed by atoms with Gasteiger partial charge in [0.25, 0.3) is 0 Å². The van der Waals surface area contributed by atoms with Crippen LogP contribution >= 0.6 is 24.0 Å². The van der Waals surface area contributed by atoms with E-state index >= 15 is 0 Å². The van der Waals surface area contributed by atoms with Crippen LogP contribution in [-0.4, -0.2) is 52.0 Å². The van der Waals surface area contributed by atoms with E-state index in [2.05, 4.69) is 15.0 Å². The second-order valence-electron chi connectivity index (χ2n) is 6.40. The summed E-state index contributed by atoms with van der Waals surface area (Å²) in [6.45, 7) is 1.24. The summed E-state index contributed by atoms with van der Waals surface area (Å²) in [5, 5.41) is 3.18. The van der Waals surface area contributed by atoms with Crippen molar-refractivity contribution in [3.05, 3.63) is 0 Å². The number of nitrogens with one attached hydrogen (secondary N) is 2. The summed E-state index contributed by atoms with van der Waals surface area (Å²) in [6, 6.07) is 0.380. The zero-order chi connectivity index (χ0) is 16.5. The number of sulfonamides is 1. The normalized spacial score (nSPS) is 23.5. The van der Waals surface area contributed by atoms with Gasteiger partial charge in [0, 0.05) is 19.2 Å². The minimum Gasteiger partial charge on any atom is -0.377 e. The molecule has 0 aromatic rings. The highest BCUT2D eigenvalue weighted by molar-refractivity contribution is 14.0. The quantitative estimate of drug-likeness (QED) is 0.293. The Morgan fingerprint density at radius 1 is 1.12 bits per heavy atom. The second kappa shape index (κ2) is 11.5. The molecule has 1 aliphatic carbocycles. The first-order chi connectivity index (χ1) is 11.1. The lowest BCUT2D eigenvalue weighted by Crippen LogP contribution is -2.41. The standard InChI is InChI=1S/C15H30N4O3S.HI/c16-15(19-13-6-2-1-3-7-13)17-9-11-23(20,21)18-12-14-8-4-5-10-22-14;/h13-14,18H,1-12H2,(H3,16,17,19);1H. The van der Waals surface area contributed by atoms with Crippen molar-refractivity contribution in [3.8, 4) is 0 Å². The number of halogens is 1. The van der Waals surface area contributed by atoms with Crippen LogP contribution in [0.4, 0.5) is 0 Å². The average Bonchev–Trinajstić information content (AvgIpc) is 2.55. The number of nitrogens with zero attached hydrogens (tertiary/aromatic N) is 1. The number of guanidine groups is 1. The van der Waals surface area contributed by atoms with Crippen LogP contribution in [0.1, 0.15) is 51.4 Å². The smallest absolute Gasteiger partial charge is 0.213 e. The van der Waals surface area contributed by atoms with Crippen LogP contribution in [0.25, 0.3) is 0 Å². The molecule has 2 rings (SSSR count). The van der Waals surface area contributed by atoms with Crippen LogP contribution < -0.4 is 15.8 Å². The summed E-state index contributed by atoms with van der Waals surface area (Å²) in [5.41, 5.74) is 5.83. The van der Waals surface area contributed by atoms with Gasteiger partial charge in [-0.1, -0.05) is 19.3 Å². The Morgan fingerprint density at radius 2 is 1.83 bits per heavy atom. The Morgan fingerprint density at radius 3 is 2.50 bits per heavy atom. The molecule has 1 unspecified atom stereocenters. The third kappa shape index (κ3) is 8.82. The van der Waals surface area contributed by atoms with Gasteiger partial charge >= 0.3 is 0 Å². The SMILES string of the molecule is I.NC(=NCCS(=O)(=O)NCC1CCCCO1)NC1CCCCC1. The Bertz CT molecular complexity index is 475. The van der Waals surface area contributed by atoms with Gasteiger partial charge < -0.3 is 15.8 Å². The molecule has 0 aromatic heterocycles. The minimum atomic E-state index is -3.33. The van der Waals surface area contributed by atoms with Gasteiger partial charge in [-0.3, -0.25) is 4.99 Å². The fraction of sp³-hybridized carbons (Fsp3) is 0.933. The Hall–Kier alpha value is -0.130. The van der Waals surface area contributed by atoms with E-state index in [-0.39, 0.29) is 42.4 Å². The molecule has 2 aliphatic rings. The molecule has 7 nitrogen and oxygen atoms in total. The third-order valence-electron chi connectivity index (χ3n) is 4.40. The van der Waals surface area contributed by atoms with Crippen molar-refractivity contribution in [2.45, 2.75) is 63.5 Å². The Labute approximate surface area is 162 Å². The number of nitrogens with two attached hydrogens (primary N) is 1. The molecule has 24 heavy (non-hydrogen) atoms. The highest BCUT2D eigenvalue weighted by Crippen LogP contribution is 2.17. The van der Waals surface area contributed by atoms with Gasteiger partial charge in [0.1, 0.15) is 0 Å². The maximum Gasteiger partial charge on any atom is 0.213 e. The lowest BCUT2D eigenvalue weighted by Gasteiger charge is -2.23. The first-order valence-electron chi connectivity index (χ1n) is 8.70. The zero-order valence-corrected chi connectivity index (χ0v) is 17.4. The first-order valence-corrected chi connectivity index (χ1v) is 10.4. The van der Waals surface area contributed by atoms with Gasteiger partial charge in [0.15, 0.2) is 5.96 Å².